The molecule has 2 N–H and O–H groups in total. The second-order valence-electron chi connectivity index (χ2n) is 6.10. The van der Waals surface area contributed by atoms with Gasteiger partial charge in [0.15, 0.2) is 0 Å². The number of hydrogen-bond donors (Lipinski definition) is 2. The Bertz CT molecular complexity index is 918. The first-order chi connectivity index (χ1) is 12.6. The molecule has 1 amide bonds. The largest absolute Gasteiger partial charge is 0.480 e. The molecule has 3 aromatic rings. The number of aryl methyl sites for hydroxylation is 1. The van der Waals surface area contributed by atoms with Gasteiger partial charge >= 0.3 is 5.97 Å². The van der Waals surface area contributed by atoms with Crippen LogP contribution in [0.2, 0.25) is 0 Å². The zero-order valence-corrected chi connectivity index (χ0v) is 14.6. The Morgan fingerprint density at radius 1 is 1.12 bits per heavy atom. The lowest BCUT2D eigenvalue weighted by atomic mass is 10.1. The molecular formula is C20H21N3O3. The number of nitrogens with one attached hydrogen (secondary N) is 1. The van der Waals surface area contributed by atoms with E-state index in [0.29, 0.717) is 6.42 Å². The van der Waals surface area contributed by atoms with Crippen molar-refractivity contribution in [1.82, 2.24) is 14.9 Å². The fourth-order valence-corrected chi connectivity index (χ4v) is 3.01. The van der Waals surface area contributed by atoms with Gasteiger partial charge in [0.1, 0.15) is 18.4 Å². The van der Waals surface area contributed by atoms with Crippen molar-refractivity contribution in [2.75, 3.05) is 0 Å². The van der Waals surface area contributed by atoms with Crippen molar-refractivity contribution < 1.29 is 14.7 Å². The molecule has 0 bridgehead atoms. The number of imidazole rings is 1. The molecule has 1 atom stereocenters. The van der Waals surface area contributed by atoms with Crippen LogP contribution >= 0.6 is 0 Å². The first kappa shape index (κ1) is 17.7. The van der Waals surface area contributed by atoms with Crippen LogP contribution in [0.5, 0.6) is 0 Å². The van der Waals surface area contributed by atoms with Crippen molar-refractivity contribution >= 4 is 22.9 Å². The van der Waals surface area contributed by atoms with Crippen molar-refractivity contribution in [2.45, 2.75) is 32.4 Å². The number of aliphatic carboxylic acids is 1. The molecule has 3 rings (SSSR count). The van der Waals surface area contributed by atoms with Crippen LogP contribution in [0.3, 0.4) is 0 Å². The zero-order valence-electron chi connectivity index (χ0n) is 14.6. The van der Waals surface area contributed by atoms with E-state index < -0.39 is 12.0 Å². The van der Waals surface area contributed by atoms with Crippen LogP contribution in [0.15, 0.2) is 54.6 Å². The molecular weight excluding hydrogens is 330 g/mol. The molecule has 0 saturated heterocycles. The third-order valence-corrected chi connectivity index (χ3v) is 4.27. The van der Waals surface area contributed by atoms with Crippen molar-refractivity contribution in [3.63, 3.8) is 0 Å². The molecule has 134 valence electrons. The fraction of sp³-hybridized carbons (Fsp3) is 0.250. The summed E-state index contributed by atoms with van der Waals surface area (Å²) < 4.78 is 1.84. The highest BCUT2D eigenvalue weighted by Gasteiger charge is 2.21. The Morgan fingerprint density at radius 3 is 2.50 bits per heavy atom. The van der Waals surface area contributed by atoms with E-state index in [0.717, 1.165) is 22.4 Å². The minimum Gasteiger partial charge on any atom is -0.480 e. The summed E-state index contributed by atoms with van der Waals surface area (Å²) in [4.78, 5) is 28.6. The highest BCUT2D eigenvalue weighted by atomic mass is 16.4. The average molecular weight is 351 g/mol. The lowest BCUT2D eigenvalue weighted by Gasteiger charge is -2.16. The summed E-state index contributed by atoms with van der Waals surface area (Å²) in [5.41, 5.74) is 2.56. The summed E-state index contributed by atoms with van der Waals surface area (Å²) >= 11 is 0. The summed E-state index contributed by atoms with van der Waals surface area (Å²) in [6.07, 6.45) is 0.932. The van der Waals surface area contributed by atoms with Gasteiger partial charge in [0, 0.05) is 12.8 Å². The fourth-order valence-electron chi connectivity index (χ4n) is 3.01. The molecule has 1 aromatic heterocycles. The standard InChI is InChI=1S/C20H21N3O3/c1-2-18-21-15-10-6-7-11-17(15)23(18)13-19(24)22-16(20(25)26)12-14-8-4-3-5-9-14/h3-11,16H,2,12-13H2,1H3,(H,22,24)(H,25,26)/t16-/m0/s1. The molecule has 0 unspecified atom stereocenters. The normalized spacial score (nSPS) is 12.0. The summed E-state index contributed by atoms with van der Waals surface area (Å²) in [6.45, 7) is 2.02. The minimum absolute atomic E-state index is 0.0439. The van der Waals surface area contributed by atoms with E-state index in [9.17, 15) is 14.7 Å². The van der Waals surface area contributed by atoms with Gasteiger partial charge in [-0.25, -0.2) is 9.78 Å². The summed E-state index contributed by atoms with van der Waals surface area (Å²) in [5.74, 6) is -0.587. The summed E-state index contributed by atoms with van der Waals surface area (Å²) in [6, 6.07) is 15.9. The number of benzene rings is 2. The van der Waals surface area contributed by atoms with E-state index in [1.165, 1.54) is 0 Å². The number of amides is 1. The smallest absolute Gasteiger partial charge is 0.326 e. The highest BCUT2D eigenvalue weighted by molar-refractivity contribution is 5.85. The third-order valence-electron chi connectivity index (χ3n) is 4.27. The van der Waals surface area contributed by atoms with Gasteiger partial charge in [-0.1, -0.05) is 49.4 Å². The number of para-hydroxylation sites is 2. The van der Waals surface area contributed by atoms with Gasteiger partial charge in [0.25, 0.3) is 0 Å². The second kappa shape index (κ2) is 7.82. The van der Waals surface area contributed by atoms with Crippen LogP contribution in [-0.2, 0) is 29.0 Å². The van der Waals surface area contributed by atoms with Crippen LogP contribution in [-0.4, -0.2) is 32.6 Å². The van der Waals surface area contributed by atoms with Gasteiger partial charge in [-0.2, -0.15) is 0 Å². The van der Waals surface area contributed by atoms with E-state index in [2.05, 4.69) is 10.3 Å². The quantitative estimate of drug-likeness (QED) is 0.685. The number of aromatic nitrogens is 2. The number of carbonyl (C=O) groups is 2. The Balaban J connectivity index is 1.76. The van der Waals surface area contributed by atoms with E-state index in [4.69, 9.17) is 0 Å². The zero-order chi connectivity index (χ0) is 18.5. The number of hydrogen-bond acceptors (Lipinski definition) is 3. The maximum absolute atomic E-state index is 12.5. The van der Waals surface area contributed by atoms with E-state index in [1.54, 1.807) is 0 Å². The van der Waals surface area contributed by atoms with Crippen LogP contribution in [0.25, 0.3) is 11.0 Å². The van der Waals surface area contributed by atoms with Gasteiger partial charge in [-0.15, -0.1) is 0 Å². The van der Waals surface area contributed by atoms with Crippen LogP contribution in [0, 0.1) is 0 Å². The third kappa shape index (κ3) is 3.91. The number of carboxylic acid groups (broad SMARTS) is 1. The highest BCUT2D eigenvalue weighted by Crippen LogP contribution is 2.16. The van der Waals surface area contributed by atoms with Gasteiger partial charge < -0.3 is 15.0 Å². The number of carboxylic acids is 1. The molecule has 0 aliphatic rings. The van der Waals surface area contributed by atoms with E-state index in [1.807, 2.05) is 66.1 Å². The predicted molar refractivity (Wildman–Crippen MR) is 98.8 cm³/mol. The molecule has 6 heteroatoms. The maximum atomic E-state index is 12.5. The van der Waals surface area contributed by atoms with Gasteiger partial charge in [-0.3, -0.25) is 4.79 Å². The molecule has 26 heavy (non-hydrogen) atoms. The lowest BCUT2D eigenvalue weighted by Crippen LogP contribution is -2.43. The summed E-state index contributed by atoms with van der Waals surface area (Å²) in [7, 11) is 0. The van der Waals surface area contributed by atoms with Gasteiger partial charge in [0.05, 0.1) is 11.0 Å². The van der Waals surface area contributed by atoms with Crippen LogP contribution < -0.4 is 5.32 Å². The van der Waals surface area contributed by atoms with E-state index >= 15 is 0 Å². The molecule has 6 nitrogen and oxygen atoms in total. The molecule has 0 fully saturated rings. The van der Waals surface area contributed by atoms with Crippen LogP contribution in [0.4, 0.5) is 0 Å². The molecule has 2 aromatic carbocycles. The Labute approximate surface area is 151 Å². The van der Waals surface area contributed by atoms with Gasteiger partial charge in [-0.05, 0) is 17.7 Å². The lowest BCUT2D eigenvalue weighted by molar-refractivity contribution is -0.141. The predicted octanol–water partition coefficient (Wildman–Crippen LogP) is 2.41. The van der Waals surface area contributed by atoms with Gasteiger partial charge in [0.2, 0.25) is 5.91 Å². The Kier molecular flexibility index (Phi) is 5.31. The molecule has 0 aliphatic heterocycles. The van der Waals surface area contributed by atoms with Crippen molar-refractivity contribution in [2.24, 2.45) is 0 Å². The first-order valence-electron chi connectivity index (χ1n) is 8.58. The van der Waals surface area contributed by atoms with Crippen molar-refractivity contribution in [1.29, 1.82) is 0 Å². The summed E-state index contributed by atoms with van der Waals surface area (Å²) in [5, 5.41) is 12.1. The number of fused-ring (bicyclic) bond motifs is 1. The SMILES string of the molecule is CCc1nc2ccccc2n1CC(=O)N[C@@H](Cc1ccccc1)C(=O)O. The molecule has 0 radical (unpaired) electrons. The average Bonchev–Trinajstić information content (AvgIpc) is 2.99. The maximum Gasteiger partial charge on any atom is 0.326 e. The monoisotopic (exact) mass is 351 g/mol. The number of rotatable bonds is 7. The van der Waals surface area contributed by atoms with E-state index in [-0.39, 0.29) is 18.9 Å². The topological polar surface area (TPSA) is 84.2 Å². The Morgan fingerprint density at radius 2 is 1.81 bits per heavy atom. The second-order valence-corrected chi connectivity index (χ2v) is 6.10. The number of nitrogens with zero attached hydrogens (tertiary/aromatic N) is 2. The van der Waals surface area contributed by atoms with Crippen LogP contribution in [0.1, 0.15) is 18.3 Å². The minimum atomic E-state index is -1.05. The number of carbonyl (C=O) groups excluding carboxylic acids is 1. The molecule has 0 aliphatic carbocycles. The van der Waals surface area contributed by atoms with Crippen molar-refractivity contribution in [3.8, 4) is 0 Å². The molecule has 0 spiro atoms. The first-order valence-corrected chi connectivity index (χ1v) is 8.58. The molecule has 1 heterocycles. The van der Waals surface area contributed by atoms with Crippen molar-refractivity contribution in [3.05, 3.63) is 66.0 Å². The Hall–Kier alpha value is -3.15. The molecule has 0 saturated carbocycles.